The molecule has 0 amide bonds. The number of alkyl halides is 3. The minimum absolute atomic E-state index is 0.423. The number of thioether (sulfide) groups is 1. The van der Waals surface area contributed by atoms with E-state index in [2.05, 4.69) is 0 Å². The van der Waals surface area contributed by atoms with E-state index in [1.807, 2.05) is 18.4 Å². The molecule has 0 N–H and O–H groups in total. The van der Waals surface area contributed by atoms with Crippen molar-refractivity contribution in [1.82, 2.24) is 4.57 Å². The van der Waals surface area contributed by atoms with Crippen LogP contribution in [0.4, 0.5) is 17.6 Å². The third-order valence-corrected chi connectivity index (χ3v) is 4.79. The highest BCUT2D eigenvalue weighted by atomic mass is 32.2. The van der Waals surface area contributed by atoms with Crippen LogP contribution < -0.4 is 0 Å². The Bertz CT molecular complexity index is 878. The maximum atomic E-state index is 13.4. The highest BCUT2D eigenvalue weighted by molar-refractivity contribution is 7.98. The first-order valence-electron chi connectivity index (χ1n) is 7.48. The summed E-state index contributed by atoms with van der Waals surface area (Å²) in [5.74, 6) is -0.429. The number of hydrogen-bond acceptors (Lipinski definition) is 1. The average molecular weight is 365 g/mol. The predicted molar refractivity (Wildman–Crippen MR) is 93.0 cm³/mol. The second kappa shape index (κ2) is 6.59. The monoisotopic (exact) mass is 365 g/mol. The van der Waals surface area contributed by atoms with Gasteiger partial charge in [0.2, 0.25) is 0 Å². The third-order valence-electron chi connectivity index (χ3n) is 4.04. The Morgan fingerprint density at radius 1 is 0.880 bits per heavy atom. The van der Waals surface area contributed by atoms with Crippen LogP contribution in [0.2, 0.25) is 0 Å². The van der Waals surface area contributed by atoms with Crippen LogP contribution in [0.25, 0.3) is 22.4 Å². The van der Waals surface area contributed by atoms with Crippen LogP contribution in [0.5, 0.6) is 0 Å². The van der Waals surface area contributed by atoms with Crippen LogP contribution in [0.1, 0.15) is 5.69 Å². The molecule has 0 radical (unpaired) electrons. The topological polar surface area (TPSA) is 4.93 Å². The molecule has 0 atom stereocenters. The van der Waals surface area contributed by atoms with Crippen molar-refractivity contribution in [1.29, 1.82) is 0 Å². The summed E-state index contributed by atoms with van der Waals surface area (Å²) in [5, 5.41) is 0. The molecule has 2 aromatic carbocycles. The summed E-state index contributed by atoms with van der Waals surface area (Å²) in [6.07, 6.45) is -2.54. The molecule has 0 bridgehead atoms. The molecule has 25 heavy (non-hydrogen) atoms. The first-order chi connectivity index (χ1) is 11.8. The van der Waals surface area contributed by atoms with Crippen molar-refractivity contribution < 1.29 is 17.6 Å². The molecule has 0 spiro atoms. The lowest BCUT2D eigenvalue weighted by molar-refractivity contribution is -0.142. The number of rotatable bonds is 3. The van der Waals surface area contributed by atoms with Crippen LogP contribution in [0, 0.1) is 5.82 Å². The Morgan fingerprint density at radius 2 is 1.44 bits per heavy atom. The molecule has 0 aliphatic carbocycles. The molecular weight excluding hydrogens is 350 g/mol. The zero-order valence-electron chi connectivity index (χ0n) is 13.6. The molecule has 130 valence electrons. The Balaban J connectivity index is 2.23. The van der Waals surface area contributed by atoms with E-state index in [-0.39, 0.29) is 0 Å². The second-order valence-corrected chi connectivity index (χ2v) is 6.46. The molecule has 0 aliphatic heterocycles. The highest BCUT2D eigenvalue weighted by Crippen LogP contribution is 2.40. The van der Waals surface area contributed by atoms with Gasteiger partial charge in [-0.2, -0.15) is 13.2 Å². The number of nitrogens with zero attached hydrogens (tertiary/aromatic N) is 1. The van der Waals surface area contributed by atoms with Crippen LogP contribution in [0.3, 0.4) is 0 Å². The molecule has 6 heteroatoms. The van der Waals surface area contributed by atoms with Crippen molar-refractivity contribution in [2.24, 2.45) is 7.05 Å². The maximum absolute atomic E-state index is 13.4. The summed E-state index contributed by atoms with van der Waals surface area (Å²) in [7, 11) is 1.40. The summed E-state index contributed by atoms with van der Waals surface area (Å²) in [4.78, 5) is 1.03. The van der Waals surface area contributed by atoms with Gasteiger partial charge in [-0.1, -0.05) is 24.3 Å². The number of halogens is 4. The van der Waals surface area contributed by atoms with Crippen LogP contribution in [0.15, 0.2) is 59.5 Å². The fourth-order valence-corrected chi connectivity index (χ4v) is 3.23. The Labute approximate surface area is 147 Å². The molecule has 0 fully saturated rings. The van der Waals surface area contributed by atoms with Crippen molar-refractivity contribution in [3.8, 4) is 22.4 Å². The number of benzene rings is 2. The average Bonchev–Trinajstić information content (AvgIpc) is 2.93. The van der Waals surface area contributed by atoms with Crippen LogP contribution in [-0.2, 0) is 13.2 Å². The molecule has 1 heterocycles. The minimum Gasteiger partial charge on any atom is -0.340 e. The largest absolute Gasteiger partial charge is 0.431 e. The van der Waals surface area contributed by atoms with Crippen LogP contribution >= 0.6 is 11.8 Å². The molecule has 0 saturated carbocycles. The van der Waals surface area contributed by atoms with Gasteiger partial charge in [0.15, 0.2) is 0 Å². The summed E-state index contributed by atoms with van der Waals surface area (Å²) >= 11 is 1.56. The highest BCUT2D eigenvalue weighted by Gasteiger charge is 2.36. The maximum Gasteiger partial charge on any atom is 0.431 e. The van der Waals surface area contributed by atoms with Crippen molar-refractivity contribution in [2.45, 2.75) is 11.1 Å². The Hall–Kier alpha value is -2.21. The smallest absolute Gasteiger partial charge is 0.340 e. The van der Waals surface area contributed by atoms with Gasteiger partial charge in [-0.15, -0.1) is 11.8 Å². The summed E-state index contributed by atoms with van der Waals surface area (Å²) in [6, 6.07) is 13.9. The lowest BCUT2D eigenvalue weighted by Crippen LogP contribution is -2.11. The summed E-state index contributed by atoms with van der Waals surface area (Å²) in [5.41, 5.74) is 1.35. The number of aromatic nitrogens is 1. The third kappa shape index (κ3) is 3.44. The fraction of sp³-hybridized carbons (Fsp3) is 0.158. The normalized spacial score (nSPS) is 11.8. The van der Waals surface area contributed by atoms with Crippen molar-refractivity contribution in [2.75, 3.05) is 6.26 Å². The standard InChI is InChI=1S/C19H15F4NS/c1-24-17(19(21,22)23)11-16(12-3-7-14(20)8-4-12)18(24)13-5-9-15(25-2)10-6-13/h3-11H,1-2H3. The zero-order chi connectivity index (χ0) is 18.2. The minimum atomic E-state index is -4.47. The lowest BCUT2D eigenvalue weighted by atomic mass is 10.0. The van der Waals surface area contributed by atoms with Gasteiger partial charge in [0.05, 0.1) is 5.69 Å². The molecule has 1 nitrogen and oxygen atoms in total. The first-order valence-corrected chi connectivity index (χ1v) is 8.71. The van der Waals surface area contributed by atoms with Gasteiger partial charge in [0.1, 0.15) is 11.5 Å². The Morgan fingerprint density at radius 3 is 1.96 bits per heavy atom. The zero-order valence-corrected chi connectivity index (χ0v) is 14.4. The molecule has 0 saturated heterocycles. The second-order valence-electron chi connectivity index (χ2n) is 5.58. The van der Waals surface area contributed by atoms with Crippen molar-refractivity contribution in [3.05, 3.63) is 66.1 Å². The van der Waals surface area contributed by atoms with Gasteiger partial charge in [0.25, 0.3) is 0 Å². The molecular formula is C19H15F4NS. The SMILES string of the molecule is CSc1ccc(-c2c(-c3ccc(F)cc3)cc(C(F)(F)F)n2C)cc1. The quantitative estimate of drug-likeness (QED) is 0.393. The van der Waals surface area contributed by atoms with E-state index in [1.165, 1.54) is 31.3 Å². The van der Waals surface area contributed by atoms with E-state index < -0.39 is 17.7 Å². The van der Waals surface area contributed by atoms with Gasteiger partial charge >= 0.3 is 6.18 Å². The van der Waals surface area contributed by atoms with Gasteiger partial charge in [-0.3, -0.25) is 0 Å². The molecule has 3 rings (SSSR count). The summed E-state index contributed by atoms with van der Waals surface area (Å²) in [6.45, 7) is 0. The van der Waals surface area contributed by atoms with E-state index in [0.717, 1.165) is 15.5 Å². The number of hydrogen-bond donors (Lipinski definition) is 0. The van der Waals surface area contributed by atoms with Gasteiger partial charge in [0, 0.05) is 17.5 Å². The molecule has 3 aromatic rings. The van der Waals surface area contributed by atoms with E-state index >= 15 is 0 Å². The summed E-state index contributed by atoms with van der Waals surface area (Å²) < 4.78 is 54.5. The predicted octanol–water partition coefficient (Wildman–Crippen LogP) is 6.24. The van der Waals surface area contributed by atoms with Gasteiger partial charge in [-0.05, 0) is 47.7 Å². The van der Waals surface area contributed by atoms with Gasteiger partial charge < -0.3 is 4.57 Å². The van der Waals surface area contributed by atoms with Crippen molar-refractivity contribution >= 4 is 11.8 Å². The Kier molecular flexibility index (Phi) is 4.64. The van der Waals surface area contributed by atoms with Crippen molar-refractivity contribution in [3.63, 3.8) is 0 Å². The fourth-order valence-electron chi connectivity index (χ4n) is 2.82. The van der Waals surface area contributed by atoms with E-state index in [4.69, 9.17) is 0 Å². The van der Waals surface area contributed by atoms with E-state index in [1.54, 1.807) is 23.9 Å². The van der Waals surface area contributed by atoms with Crippen LogP contribution in [-0.4, -0.2) is 10.8 Å². The first kappa shape index (κ1) is 17.6. The molecule has 0 aliphatic rings. The van der Waals surface area contributed by atoms with E-state index in [9.17, 15) is 17.6 Å². The van der Waals surface area contributed by atoms with Gasteiger partial charge in [-0.25, -0.2) is 4.39 Å². The lowest BCUT2D eigenvalue weighted by Gasteiger charge is -2.12. The molecule has 1 aromatic heterocycles. The van der Waals surface area contributed by atoms with E-state index in [0.29, 0.717) is 22.4 Å². The molecule has 0 unspecified atom stereocenters.